The summed E-state index contributed by atoms with van der Waals surface area (Å²) in [5.74, 6) is 0.148. The van der Waals surface area contributed by atoms with Crippen LogP contribution in [-0.4, -0.2) is 38.0 Å². The summed E-state index contributed by atoms with van der Waals surface area (Å²) in [6, 6.07) is 16.0. The van der Waals surface area contributed by atoms with E-state index in [2.05, 4.69) is 25.6 Å². The van der Waals surface area contributed by atoms with Crippen molar-refractivity contribution in [2.45, 2.75) is 6.54 Å². The summed E-state index contributed by atoms with van der Waals surface area (Å²) in [5, 5.41) is 28.3. The van der Waals surface area contributed by atoms with Gasteiger partial charge >= 0.3 is 5.82 Å². The number of hydrazone groups is 1. The first-order valence-electron chi connectivity index (χ1n) is 10.3. The van der Waals surface area contributed by atoms with Gasteiger partial charge in [0.1, 0.15) is 17.4 Å². The van der Waals surface area contributed by atoms with Crippen molar-refractivity contribution < 1.29 is 9.66 Å². The zero-order chi connectivity index (χ0) is 25.7. The van der Waals surface area contributed by atoms with Crippen molar-refractivity contribution in [3.05, 3.63) is 96.9 Å². The molecule has 4 aromatic rings. The number of H-pyrrole nitrogens is 1. The second kappa shape index (κ2) is 10.5. The van der Waals surface area contributed by atoms with Gasteiger partial charge in [0, 0.05) is 11.1 Å². The van der Waals surface area contributed by atoms with E-state index in [-0.39, 0.29) is 28.8 Å². The molecule has 2 heterocycles. The fourth-order valence-electron chi connectivity index (χ4n) is 3.34. The van der Waals surface area contributed by atoms with Crippen molar-refractivity contribution in [2.75, 3.05) is 12.5 Å². The largest absolute Gasteiger partial charge is 0.496 e. The zero-order valence-corrected chi connectivity index (χ0v) is 19.4. The fraction of sp³-hybridized carbons (Fsp3) is 0.0870. The average Bonchev–Trinajstić information content (AvgIpc) is 3.25. The topological polar surface area (TPSA) is 164 Å². The number of nitrogens with zero attached hydrogens (tertiary/aromatic N) is 6. The third-order valence-electron chi connectivity index (χ3n) is 4.98. The average molecular weight is 505 g/mol. The van der Waals surface area contributed by atoms with Gasteiger partial charge in [0.05, 0.1) is 36.9 Å². The summed E-state index contributed by atoms with van der Waals surface area (Å²) in [6.07, 6.45) is 2.86. The molecule has 0 fully saturated rings. The monoisotopic (exact) mass is 504 g/mol. The number of aromatic amines is 1. The van der Waals surface area contributed by atoms with E-state index in [1.54, 1.807) is 42.5 Å². The third kappa shape index (κ3) is 5.21. The zero-order valence-electron chi connectivity index (χ0n) is 18.7. The van der Waals surface area contributed by atoms with Gasteiger partial charge < -0.3 is 14.9 Å². The van der Waals surface area contributed by atoms with Crippen LogP contribution in [0.4, 0.5) is 11.8 Å². The normalized spacial score (nSPS) is 10.8. The highest BCUT2D eigenvalue weighted by molar-refractivity contribution is 6.32. The molecule has 0 aliphatic rings. The molecule has 0 atom stereocenters. The molecule has 4 rings (SSSR count). The molecule has 2 N–H and O–H groups in total. The van der Waals surface area contributed by atoms with Crippen LogP contribution in [-0.2, 0) is 6.54 Å². The van der Waals surface area contributed by atoms with Gasteiger partial charge in [-0.1, -0.05) is 54.1 Å². The Morgan fingerprint density at radius 2 is 2.11 bits per heavy atom. The van der Waals surface area contributed by atoms with Gasteiger partial charge in [0.2, 0.25) is 5.95 Å². The third-order valence-corrected chi connectivity index (χ3v) is 5.24. The number of nitriles is 1. The van der Waals surface area contributed by atoms with E-state index in [1.807, 2.05) is 12.1 Å². The van der Waals surface area contributed by atoms with Crippen molar-refractivity contribution in [3.63, 3.8) is 0 Å². The van der Waals surface area contributed by atoms with Crippen molar-refractivity contribution in [1.82, 2.24) is 19.7 Å². The Balaban J connectivity index is 1.53. The summed E-state index contributed by atoms with van der Waals surface area (Å²) in [5.41, 5.74) is 4.21. The predicted octanol–water partition coefficient (Wildman–Crippen LogP) is 3.57. The number of rotatable bonds is 8. The summed E-state index contributed by atoms with van der Waals surface area (Å²) in [4.78, 5) is 29.5. The first-order valence-corrected chi connectivity index (χ1v) is 10.7. The first-order chi connectivity index (χ1) is 17.4. The standard InChI is InChI=1S/C23H17ClN8O4/c1-36-19-9-14(7-8-16(19)12-31-13-18(24)21(30-31)32(34)35)11-26-29-23-27-20(15-5-3-2-4-6-15)17(10-25)22(33)28-23/h2-9,11,13H,12H2,1H3,(H2,27,28,29,33). The summed E-state index contributed by atoms with van der Waals surface area (Å²) in [7, 11) is 1.49. The second-order valence-electron chi connectivity index (χ2n) is 7.31. The number of hydrogen-bond acceptors (Lipinski definition) is 9. The molecule has 0 aliphatic carbocycles. The van der Waals surface area contributed by atoms with Crippen LogP contribution in [0.1, 0.15) is 16.7 Å². The fourth-order valence-corrected chi connectivity index (χ4v) is 3.56. The molecule has 0 saturated heterocycles. The highest BCUT2D eigenvalue weighted by Gasteiger charge is 2.20. The van der Waals surface area contributed by atoms with Gasteiger partial charge in [-0.2, -0.15) is 15.0 Å². The number of anilines is 1. The number of methoxy groups -OCH3 is 1. The van der Waals surface area contributed by atoms with E-state index >= 15 is 0 Å². The highest BCUT2D eigenvalue weighted by Crippen LogP contribution is 2.25. The van der Waals surface area contributed by atoms with Crippen LogP contribution in [0.15, 0.2) is 64.6 Å². The van der Waals surface area contributed by atoms with E-state index < -0.39 is 16.3 Å². The van der Waals surface area contributed by atoms with Crippen LogP contribution in [0, 0.1) is 21.4 Å². The molecule has 180 valence electrons. The summed E-state index contributed by atoms with van der Waals surface area (Å²) >= 11 is 5.86. The minimum atomic E-state index is -0.651. The molecule has 0 spiro atoms. The van der Waals surface area contributed by atoms with Crippen LogP contribution >= 0.6 is 11.6 Å². The number of ether oxygens (including phenoxy) is 1. The quantitative estimate of drug-likeness (QED) is 0.209. The number of aromatic nitrogens is 4. The maximum atomic E-state index is 12.4. The lowest BCUT2D eigenvalue weighted by Gasteiger charge is -2.08. The van der Waals surface area contributed by atoms with Gasteiger partial charge in [-0.25, -0.2) is 10.4 Å². The van der Waals surface area contributed by atoms with Crippen LogP contribution < -0.4 is 15.7 Å². The molecule has 13 heteroatoms. The van der Waals surface area contributed by atoms with E-state index in [0.717, 1.165) is 0 Å². The second-order valence-corrected chi connectivity index (χ2v) is 7.72. The number of nitro groups is 1. The molecule has 0 saturated carbocycles. The number of hydrogen-bond donors (Lipinski definition) is 2. The smallest absolute Gasteiger partial charge is 0.408 e. The van der Waals surface area contributed by atoms with Gasteiger partial charge in [-0.05, 0) is 16.6 Å². The van der Waals surface area contributed by atoms with E-state index in [1.165, 1.54) is 24.2 Å². The van der Waals surface area contributed by atoms with Crippen LogP contribution in [0.25, 0.3) is 11.3 Å². The molecular weight excluding hydrogens is 488 g/mol. The molecule has 0 radical (unpaired) electrons. The maximum absolute atomic E-state index is 12.4. The van der Waals surface area contributed by atoms with Gasteiger partial charge in [0.25, 0.3) is 5.56 Å². The minimum Gasteiger partial charge on any atom is -0.496 e. The Bertz CT molecular complexity index is 1560. The lowest BCUT2D eigenvalue weighted by Crippen LogP contribution is -2.16. The molecule has 0 bridgehead atoms. The lowest BCUT2D eigenvalue weighted by atomic mass is 10.1. The van der Waals surface area contributed by atoms with Gasteiger partial charge in [0.15, 0.2) is 5.02 Å². The molecule has 0 amide bonds. The Hall–Kier alpha value is -5.02. The Morgan fingerprint density at radius 3 is 2.78 bits per heavy atom. The van der Waals surface area contributed by atoms with Gasteiger partial charge in [-0.3, -0.25) is 9.78 Å². The van der Waals surface area contributed by atoms with Crippen molar-refractivity contribution in [1.29, 1.82) is 5.26 Å². The van der Waals surface area contributed by atoms with Crippen LogP contribution in [0.2, 0.25) is 5.02 Å². The Morgan fingerprint density at radius 1 is 1.33 bits per heavy atom. The molecule has 2 aromatic carbocycles. The Labute approximate surface area is 208 Å². The van der Waals surface area contributed by atoms with E-state index in [9.17, 15) is 20.2 Å². The van der Waals surface area contributed by atoms with E-state index in [4.69, 9.17) is 16.3 Å². The number of benzene rings is 2. The summed E-state index contributed by atoms with van der Waals surface area (Å²) in [6.45, 7) is 0.199. The summed E-state index contributed by atoms with van der Waals surface area (Å²) < 4.78 is 6.78. The minimum absolute atomic E-state index is 0.0568. The van der Waals surface area contributed by atoms with Crippen LogP contribution in [0.3, 0.4) is 0 Å². The lowest BCUT2D eigenvalue weighted by molar-refractivity contribution is -0.389. The molecule has 36 heavy (non-hydrogen) atoms. The van der Waals surface area contributed by atoms with Crippen LogP contribution in [0.5, 0.6) is 5.75 Å². The predicted molar refractivity (Wildman–Crippen MR) is 132 cm³/mol. The molecule has 0 aliphatic heterocycles. The van der Waals surface area contributed by atoms with Gasteiger partial charge in [-0.15, -0.1) is 0 Å². The first kappa shape index (κ1) is 24.1. The molecular formula is C23H17ClN8O4. The Kier molecular flexibility index (Phi) is 7.03. The van der Waals surface area contributed by atoms with Crippen molar-refractivity contribution in [3.8, 4) is 23.1 Å². The molecule has 12 nitrogen and oxygen atoms in total. The van der Waals surface area contributed by atoms with Crippen molar-refractivity contribution in [2.24, 2.45) is 5.10 Å². The number of nitrogens with one attached hydrogen (secondary N) is 2. The number of halogens is 1. The maximum Gasteiger partial charge on any atom is 0.408 e. The SMILES string of the molecule is COc1cc(C=NNc2nc(-c3ccccc3)c(C#N)c(=O)[nH]2)ccc1Cn1cc(Cl)c([N+](=O)[O-])n1. The molecule has 0 unspecified atom stereocenters. The van der Waals surface area contributed by atoms with Crippen molar-refractivity contribution >= 4 is 29.6 Å². The highest BCUT2D eigenvalue weighted by atomic mass is 35.5. The van der Waals surface area contributed by atoms with E-state index in [0.29, 0.717) is 22.4 Å². The molecule has 2 aromatic heterocycles.